The average Bonchev–Trinajstić information content (AvgIpc) is 3.08. The van der Waals surface area contributed by atoms with Crippen LogP contribution in [0.2, 0.25) is 0 Å². The molecule has 5 aromatic carbocycles. The van der Waals surface area contributed by atoms with E-state index < -0.39 is 0 Å². The number of fused-ring (bicyclic) bond motifs is 1. The SMILES string of the molecule is C.C.CC(C)c1ccc(N(C)C)c2ccccc12.CC(C)c1ccc(N(C)C)cc1.COc1cc(C)ccc1C(C)C.Cc1ccc(C(C)C)cc1. The van der Waals surface area contributed by atoms with E-state index in [0.717, 1.165) is 5.75 Å². The Kier molecular flexibility index (Phi) is 21.4. The van der Waals surface area contributed by atoms with Crippen LogP contribution >= 0.6 is 0 Å². The lowest BCUT2D eigenvalue weighted by molar-refractivity contribution is 0.407. The smallest absolute Gasteiger partial charge is 0.122 e. The molecule has 0 heterocycles. The highest BCUT2D eigenvalue weighted by Gasteiger charge is 2.09. The Labute approximate surface area is 321 Å². The molecule has 0 radical (unpaired) electrons. The molecule has 0 bridgehead atoms. The van der Waals surface area contributed by atoms with E-state index in [1.165, 1.54) is 55.5 Å². The maximum atomic E-state index is 5.29. The third kappa shape index (κ3) is 14.8. The molecular formula is C49H74N2O. The highest BCUT2D eigenvalue weighted by molar-refractivity contribution is 5.96. The number of aryl methyl sites for hydroxylation is 2. The van der Waals surface area contributed by atoms with Gasteiger partial charge in [-0.15, -0.1) is 0 Å². The summed E-state index contributed by atoms with van der Waals surface area (Å²) in [6.45, 7) is 21.9. The Hall–Kier alpha value is -4.24. The van der Waals surface area contributed by atoms with Gasteiger partial charge in [-0.05, 0) is 95.0 Å². The Morgan fingerprint density at radius 1 is 0.462 bits per heavy atom. The van der Waals surface area contributed by atoms with E-state index in [4.69, 9.17) is 4.74 Å². The van der Waals surface area contributed by atoms with Crippen molar-refractivity contribution in [1.29, 1.82) is 0 Å². The second kappa shape index (κ2) is 23.3. The standard InChI is InChI=1S/C15H19N.C11H17N.C11H16O.C10H14.2CH4/c1-11(2)12-9-10-15(16(3)4)14-8-6-5-7-13(12)14;1-9(2)10-5-7-11(8-6-10)12(3)4;1-8(2)10-6-5-9(3)7-11(10)12-4;1-8(2)10-6-4-9(3)5-7-10;;/h5-11H,1-4H3;5-9H,1-4H3;5-8H,1-4H3;4-8H,1-3H3;2*1H4. The van der Waals surface area contributed by atoms with Gasteiger partial charge in [0.15, 0.2) is 0 Å². The highest BCUT2D eigenvalue weighted by Crippen LogP contribution is 2.32. The first-order valence-electron chi connectivity index (χ1n) is 18.2. The summed E-state index contributed by atoms with van der Waals surface area (Å²) in [6, 6.07) is 36.9. The van der Waals surface area contributed by atoms with E-state index in [-0.39, 0.29) is 14.9 Å². The van der Waals surface area contributed by atoms with Crippen molar-refractivity contribution in [3.63, 3.8) is 0 Å². The van der Waals surface area contributed by atoms with Crippen LogP contribution in [-0.4, -0.2) is 35.3 Å². The molecule has 0 N–H and O–H groups in total. The zero-order valence-corrected chi connectivity index (χ0v) is 33.9. The minimum absolute atomic E-state index is 0. The Bertz CT molecular complexity index is 1620. The second-order valence-electron chi connectivity index (χ2n) is 14.9. The lowest BCUT2D eigenvalue weighted by atomic mass is 9.95. The molecule has 0 aliphatic carbocycles. The number of hydrogen-bond acceptors (Lipinski definition) is 3. The molecule has 0 unspecified atom stereocenters. The molecule has 0 amide bonds. The molecule has 0 fully saturated rings. The fourth-order valence-corrected chi connectivity index (χ4v) is 5.60. The molecule has 0 aromatic heterocycles. The summed E-state index contributed by atoms with van der Waals surface area (Å²) in [7, 11) is 10.0. The number of nitrogens with zero attached hydrogens (tertiary/aromatic N) is 2. The summed E-state index contributed by atoms with van der Waals surface area (Å²) in [6.07, 6.45) is 0. The summed E-state index contributed by atoms with van der Waals surface area (Å²) in [5, 5.41) is 2.72. The average molecular weight is 707 g/mol. The lowest BCUT2D eigenvalue weighted by Gasteiger charge is -2.18. The normalized spacial score (nSPS) is 10.2. The number of benzene rings is 5. The number of rotatable bonds is 7. The molecule has 0 aliphatic rings. The van der Waals surface area contributed by atoms with Gasteiger partial charge < -0.3 is 14.5 Å². The summed E-state index contributed by atoms with van der Waals surface area (Å²) >= 11 is 0. The number of ether oxygens (including phenoxy) is 1. The molecule has 0 atom stereocenters. The molecule has 5 aromatic rings. The highest BCUT2D eigenvalue weighted by atomic mass is 16.5. The summed E-state index contributed by atoms with van der Waals surface area (Å²) < 4.78 is 5.29. The van der Waals surface area contributed by atoms with Crippen molar-refractivity contribution in [2.45, 2.75) is 108 Å². The van der Waals surface area contributed by atoms with Crippen molar-refractivity contribution in [1.82, 2.24) is 0 Å². The number of methoxy groups -OCH3 is 1. The van der Waals surface area contributed by atoms with Crippen LogP contribution in [0.15, 0.2) is 103 Å². The van der Waals surface area contributed by atoms with Gasteiger partial charge in [-0.2, -0.15) is 0 Å². The molecule has 0 saturated heterocycles. The van der Waals surface area contributed by atoms with E-state index in [2.05, 4.69) is 210 Å². The zero-order valence-electron chi connectivity index (χ0n) is 33.9. The van der Waals surface area contributed by atoms with Gasteiger partial charge >= 0.3 is 0 Å². The molecule has 0 aliphatic heterocycles. The van der Waals surface area contributed by atoms with Gasteiger partial charge in [0.1, 0.15) is 5.75 Å². The second-order valence-corrected chi connectivity index (χ2v) is 14.9. The van der Waals surface area contributed by atoms with E-state index in [1.54, 1.807) is 7.11 Å². The summed E-state index contributed by atoms with van der Waals surface area (Å²) in [5.74, 6) is 3.38. The van der Waals surface area contributed by atoms with Crippen molar-refractivity contribution >= 4 is 22.1 Å². The van der Waals surface area contributed by atoms with Crippen LogP contribution in [0.3, 0.4) is 0 Å². The third-order valence-corrected chi connectivity index (χ3v) is 8.87. The molecule has 0 saturated carbocycles. The maximum absolute atomic E-state index is 5.29. The predicted molar refractivity (Wildman–Crippen MR) is 238 cm³/mol. The summed E-state index contributed by atoms with van der Waals surface area (Å²) in [4.78, 5) is 4.29. The molecule has 52 heavy (non-hydrogen) atoms. The van der Waals surface area contributed by atoms with Crippen LogP contribution in [0.25, 0.3) is 10.8 Å². The molecule has 5 rings (SSSR count). The van der Waals surface area contributed by atoms with Gasteiger partial charge in [-0.25, -0.2) is 0 Å². The minimum atomic E-state index is 0. The van der Waals surface area contributed by atoms with Crippen molar-refractivity contribution in [2.24, 2.45) is 0 Å². The van der Waals surface area contributed by atoms with E-state index in [0.29, 0.717) is 23.7 Å². The summed E-state index contributed by atoms with van der Waals surface area (Å²) in [5.41, 5.74) is 10.7. The Morgan fingerprint density at radius 2 is 0.904 bits per heavy atom. The fraction of sp³-hybridized carbons (Fsp3) is 0.429. The van der Waals surface area contributed by atoms with Crippen LogP contribution in [0.1, 0.15) is 127 Å². The monoisotopic (exact) mass is 707 g/mol. The first-order valence-corrected chi connectivity index (χ1v) is 18.2. The quantitative estimate of drug-likeness (QED) is 0.168. The van der Waals surface area contributed by atoms with Crippen molar-refractivity contribution in [3.05, 3.63) is 137 Å². The topological polar surface area (TPSA) is 15.7 Å². The van der Waals surface area contributed by atoms with Gasteiger partial charge in [0.25, 0.3) is 0 Å². The van der Waals surface area contributed by atoms with Crippen LogP contribution in [-0.2, 0) is 0 Å². The van der Waals surface area contributed by atoms with Crippen LogP contribution < -0.4 is 14.5 Å². The number of hydrogen-bond donors (Lipinski definition) is 0. The molecule has 3 nitrogen and oxygen atoms in total. The molecule has 286 valence electrons. The van der Waals surface area contributed by atoms with Crippen molar-refractivity contribution < 1.29 is 4.74 Å². The Balaban J connectivity index is 0.000000668. The van der Waals surface area contributed by atoms with E-state index in [9.17, 15) is 0 Å². The minimum Gasteiger partial charge on any atom is -0.496 e. The largest absolute Gasteiger partial charge is 0.496 e. The van der Waals surface area contributed by atoms with Crippen molar-refractivity contribution in [2.75, 3.05) is 45.1 Å². The van der Waals surface area contributed by atoms with Gasteiger partial charge in [0.2, 0.25) is 0 Å². The van der Waals surface area contributed by atoms with Crippen LogP contribution in [0, 0.1) is 13.8 Å². The molecular weight excluding hydrogens is 633 g/mol. The first-order chi connectivity index (χ1) is 23.6. The molecule has 3 heteroatoms. The van der Waals surface area contributed by atoms with Gasteiger partial charge in [0, 0.05) is 45.0 Å². The Morgan fingerprint density at radius 3 is 1.33 bits per heavy atom. The first kappa shape index (κ1) is 47.8. The van der Waals surface area contributed by atoms with Crippen LogP contribution in [0.5, 0.6) is 5.75 Å². The zero-order chi connectivity index (χ0) is 37.5. The predicted octanol–water partition coefficient (Wildman–Crippen LogP) is 14.4. The number of anilines is 2. The van der Waals surface area contributed by atoms with Crippen molar-refractivity contribution in [3.8, 4) is 5.75 Å². The fourth-order valence-electron chi connectivity index (χ4n) is 5.60. The third-order valence-electron chi connectivity index (χ3n) is 8.87. The van der Waals surface area contributed by atoms with E-state index in [1.807, 2.05) is 0 Å². The van der Waals surface area contributed by atoms with Crippen LogP contribution in [0.4, 0.5) is 11.4 Å². The maximum Gasteiger partial charge on any atom is 0.122 e. The molecule has 0 spiro atoms. The lowest BCUT2D eigenvalue weighted by Crippen LogP contribution is -2.09. The van der Waals surface area contributed by atoms with Gasteiger partial charge in [0.05, 0.1) is 7.11 Å². The van der Waals surface area contributed by atoms with Gasteiger partial charge in [-0.1, -0.05) is 155 Å². The van der Waals surface area contributed by atoms with E-state index >= 15 is 0 Å². The van der Waals surface area contributed by atoms with Gasteiger partial charge in [-0.3, -0.25) is 0 Å².